The monoisotopic (exact) mass is 804 g/mol. The predicted octanol–water partition coefficient (Wildman–Crippen LogP) is 7.53. The highest BCUT2D eigenvalue weighted by Gasteiger charge is 2.20. The van der Waals surface area contributed by atoms with E-state index in [1.54, 1.807) is 14.2 Å². The van der Waals surface area contributed by atoms with Crippen LogP contribution >= 0.6 is 22.6 Å². The number of ether oxygens (including phenoxy) is 4. The lowest BCUT2D eigenvalue weighted by Crippen LogP contribution is -2.03. The third-order valence-electron chi connectivity index (χ3n) is 7.70. The third kappa shape index (κ3) is 11.2. The minimum Gasteiger partial charge on any atom is -0.496 e. The molecule has 8 N–H and O–H groups in total. The summed E-state index contributed by atoms with van der Waals surface area (Å²) in [5.41, 5.74) is 25.5. The third-order valence-corrected chi connectivity index (χ3v) is 8.55. The predicted molar refractivity (Wildman–Crippen MR) is 210 cm³/mol. The van der Waals surface area contributed by atoms with Crippen LogP contribution < -0.4 is 41.9 Å². The van der Waals surface area contributed by atoms with Gasteiger partial charge in [-0.25, -0.2) is 9.97 Å². The maximum absolute atomic E-state index is 5.99. The largest absolute Gasteiger partial charge is 0.496 e. The maximum atomic E-state index is 5.99. The van der Waals surface area contributed by atoms with Crippen LogP contribution in [0.4, 0.5) is 23.5 Å². The van der Waals surface area contributed by atoms with Crippen LogP contribution in [-0.4, -0.2) is 34.2 Å². The van der Waals surface area contributed by atoms with Crippen LogP contribution in [0.3, 0.4) is 0 Å². The van der Waals surface area contributed by atoms with Crippen LogP contribution in [0.1, 0.15) is 81.9 Å². The molecule has 4 aromatic rings. The number of anilines is 4. The normalized spacial score (nSPS) is 13.0. The number of aromatic nitrogens is 4. The van der Waals surface area contributed by atoms with E-state index < -0.39 is 0 Å². The van der Waals surface area contributed by atoms with Crippen molar-refractivity contribution in [3.63, 3.8) is 0 Å². The fraction of sp³-hybridized carbons (Fsp3) is 0.368. The fourth-order valence-electron chi connectivity index (χ4n) is 4.48. The molecule has 268 valence electrons. The van der Waals surface area contributed by atoms with E-state index in [1.165, 1.54) is 38.1 Å². The van der Waals surface area contributed by atoms with E-state index in [0.717, 1.165) is 31.8 Å². The fourth-order valence-corrected chi connectivity index (χ4v) is 5.14. The summed E-state index contributed by atoms with van der Waals surface area (Å²) in [6.45, 7) is 8.33. The summed E-state index contributed by atoms with van der Waals surface area (Å²) in [4.78, 5) is 15.7. The number of nitrogens with two attached hydrogens (primary N) is 4. The molecule has 0 unspecified atom stereocenters. The van der Waals surface area contributed by atoms with Crippen LogP contribution in [0.2, 0.25) is 0 Å². The van der Waals surface area contributed by atoms with Gasteiger partial charge in [-0.3, -0.25) is 0 Å². The summed E-state index contributed by atoms with van der Waals surface area (Å²) in [5, 5.41) is 0. The molecular formula is C38H45IN8O4. The second kappa shape index (κ2) is 17.7. The Bertz CT molecular complexity index is 1940. The summed E-state index contributed by atoms with van der Waals surface area (Å²) in [7, 11) is 3.29. The van der Waals surface area contributed by atoms with Crippen molar-refractivity contribution in [2.45, 2.75) is 65.2 Å². The van der Waals surface area contributed by atoms with E-state index >= 15 is 0 Å². The van der Waals surface area contributed by atoms with Crippen LogP contribution in [0.5, 0.6) is 34.5 Å². The maximum Gasteiger partial charge on any atom is 0.222 e. The second-order valence-corrected chi connectivity index (χ2v) is 13.7. The molecule has 0 atom stereocenters. The quantitative estimate of drug-likeness (QED) is 0.101. The molecule has 0 spiro atoms. The number of nitrogens with zero attached hydrogens (tertiary/aromatic N) is 4. The summed E-state index contributed by atoms with van der Waals surface area (Å²) in [6.07, 6.45) is 12.8. The number of benzene rings is 2. The first-order valence-corrected chi connectivity index (χ1v) is 17.6. The molecule has 6 rings (SSSR count). The Morgan fingerprint density at radius 3 is 1.55 bits per heavy atom. The highest BCUT2D eigenvalue weighted by molar-refractivity contribution is 14.1. The van der Waals surface area contributed by atoms with Crippen molar-refractivity contribution >= 4 is 46.1 Å². The van der Waals surface area contributed by atoms with E-state index in [2.05, 4.69) is 88.0 Å². The molecule has 2 aromatic heterocycles. The van der Waals surface area contributed by atoms with Crippen molar-refractivity contribution in [1.82, 2.24) is 19.9 Å². The zero-order valence-corrected chi connectivity index (χ0v) is 31.9. The Morgan fingerprint density at radius 1 is 0.686 bits per heavy atom. The van der Waals surface area contributed by atoms with Gasteiger partial charge in [0.25, 0.3) is 0 Å². The summed E-state index contributed by atoms with van der Waals surface area (Å²) in [5.74, 6) is 15.1. The second-order valence-electron chi connectivity index (χ2n) is 12.6. The lowest BCUT2D eigenvalue weighted by molar-refractivity contribution is 0.407. The van der Waals surface area contributed by atoms with E-state index in [4.69, 9.17) is 48.3 Å². The molecule has 2 aliphatic rings. The number of hydrogen-bond donors (Lipinski definition) is 4. The molecular weight excluding hydrogens is 759 g/mol. The van der Waals surface area contributed by atoms with Gasteiger partial charge in [0.1, 0.15) is 23.0 Å². The molecule has 2 aromatic carbocycles. The SMILES string of the molecule is C#CC1CC1.COc1cc(C(C)C)c(Oc2cnc(N)nc2N)cc1C#CC1CC1.COc1cc(C(C)C)c(Oc2cnc(N)nc2N)cc1I. The van der Waals surface area contributed by atoms with Gasteiger partial charge in [-0.15, -0.1) is 12.3 Å². The van der Waals surface area contributed by atoms with E-state index in [9.17, 15) is 0 Å². The molecule has 13 heteroatoms. The van der Waals surface area contributed by atoms with Crippen molar-refractivity contribution < 1.29 is 18.9 Å². The Balaban J connectivity index is 0.000000203. The molecule has 0 radical (unpaired) electrons. The zero-order valence-electron chi connectivity index (χ0n) is 29.8. The van der Waals surface area contributed by atoms with E-state index in [0.29, 0.717) is 34.8 Å². The average molecular weight is 805 g/mol. The van der Waals surface area contributed by atoms with Crippen molar-refractivity contribution in [3.8, 4) is 58.7 Å². The van der Waals surface area contributed by atoms with Gasteiger partial charge in [0.05, 0.1) is 35.7 Å². The molecule has 0 amide bonds. The van der Waals surface area contributed by atoms with Gasteiger partial charge in [-0.1, -0.05) is 39.5 Å². The topological polar surface area (TPSA) is 193 Å². The first-order chi connectivity index (χ1) is 24.3. The molecule has 2 saturated carbocycles. The lowest BCUT2D eigenvalue weighted by Gasteiger charge is -2.17. The minimum atomic E-state index is 0.111. The van der Waals surface area contributed by atoms with Crippen LogP contribution in [0.25, 0.3) is 0 Å². The molecule has 0 aliphatic heterocycles. The first kappa shape index (κ1) is 38.6. The zero-order chi connectivity index (χ0) is 37.2. The van der Waals surface area contributed by atoms with Gasteiger partial charge in [0.2, 0.25) is 11.9 Å². The van der Waals surface area contributed by atoms with Crippen LogP contribution in [0, 0.1) is 39.6 Å². The van der Waals surface area contributed by atoms with Gasteiger partial charge in [-0.05, 0) is 78.3 Å². The minimum absolute atomic E-state index is 0.111. The molecule has 2 aliphatic carbocycles. The molecule has 2 fully saturated rings. The van der Waals surface area contributed by atoms with Crippen LogP contribution in [-0.2, 0) is 0 Å². The van der Waals surface area contributed by atoms with Gasteiger partial charge >= 0.3 is 0 Å². The highest BCUT2D eigenvalue weighted by atomic mass is 127. The van der Waals surface area contributed by atoms with Crippen LogP contribution in [0.15, 0.2) is 36.7 Å². The summed E-state index contributed by atoms with van der Waals surface area (Å²) < 4.78 is 23.7. The number of methoxy groups -OCH3 is 2. The van der Waals surface area contributed by atoms with Gasteiger partial charge in [0.15, 0.2) is 23.1 Å². The Morgan fingerprint density at radius 2 is 1.16 bits per heavy atom. The van der Waals surface area contributed by atoms with Crippen molar-refractivity contribution in [1.29, 1.82) is 0 Å². The Labute approximate surface area is 313 Å². The van der Waals surface area contributed by atoms with Gasteiger partial charge in [0, 0.05) is 29.0 Å². The Kier molecular flexibility index (Phi) is 13.4. The first-order valence-electron chi connectivity index (χ1n) is 16.5. The number of halogens is 1. The summed E-state index contributed by atoms with van der Waals surface area (Å²) in [6, 6.07) is 7.73. The number of hydrogen-bond acceptors (Lipinski definition) is 12. The summed E-state index contributed by atoms with van der Waals surface area (Å²) >= 11 is 2.20. The molecule has 51 heavy (non-hydrogen) atoms. The van der Waals surface area contributed by atoms with Gasteiger partial charge < -0.3 is 41.9 Å². The van der Waals surface area contributed by atoms with Crippen molar-refractivity contribution in [2.75, 3.05) is 37.2 Å². The molecule has 0 bridgehead atoms. The van der Waals surface area contributed by atoms with Crippen molar-refractivity contribution in [2.24, 2.45) is 11.8 Å². The standard InChI is InChI=1S/C19H22N4O2.C14H17IN4O2.C5H6/c1-11(2)14-9-15(24-3)13(7-6-12-4-5-12)8-16(14)25-17-10-22-19(21)23-18(17)20;1-7(2)8-4-11(20-3)9(15)5-10(8)21-12-6-18-14(17)19-13(12)16;1-2-5-3-4-5/h8-12H,4-5H2,1-3H3,(H4,20,21,22,23);4-7H,1-3H3,(H4,16,17,18,19);1,5H,3-4H2. The highest BCUT2D eigenvalue weighted by Crippen LogP contribution is 2.39. The molecule has 0 saturated heterocycles. The number of terminal acetylenes is 1. The lowest BCUT2D eigenvalue weighted by atomic mass is 9.99. The number of nitrogen functional groups attached to an aromatic ring is 4. The van der Waals surface area contributed by atoms with E-state index in [1.807, 2.05) is 24.3 Å². The Hall–Kier alpha value is -5.15. The smallest absolute Gasteiger partial charge is 0.222 e. The molecule has 12 nitrogen and oxygen atoms in total. The molecule has 2 heterocycles. The van der Waals surface area contributed by atoms with E-state index in [-0.39, 0.29) is 35.4 Å². The van der Waals surface area contributed by atoms with Crippen molar-refractivity contribution in [3.05, 3.63) is 56.9 Å². The van der Waals surface area contributed by atoms with Gasteiger partial charge in [-0.2, -0.15) is 9.97 Å². The average Bonchev–Trinajstić information content (AvgIpc) is 4.02. The number of rotatable bonds is 8.